The minimum Gasteiger partial charge on any atom is -0.339 e. The normalized spacial score (nSPS) is 18.2. The van der Waals surface area contributed by atoms with E-state index < -0.39 is 0 Å². The van der Waals surface area contributed by atoms with Crippen LogP contribution in [0.3, 0.4) is 0 Å². The summed E-state index contributed by atoms with van der Waals surface area (Å²) in [5, 5.41) is 7.36. The van der Waals surface area contributed by atoms with E-state index in [1.807, 2.05) is 36.7 Å². The molecule has 1 unspecified atom stereocenters. The van der Waals surface area contributed by atoms with Gasteiger partial charge in [-0.3, -0.25) is 9.59 Å². The lowest BCUT2D eigenvalue weighted by atomic mass is 10.1. The molecule has 1 fully saturated rings. The van der Waals surface area contributed by atoms with Crippen LogP contribution in [0.4, 0.5) is 5.13 Å². The zero-order chi connectivity index (χ0) is 15.7. The molecule has 1 N–H and O–H groups in total. The Labute approximate surface area is 137 Å². The number of hydrogen-bond acceptors (Lipinski definition) is 5. The van der Waals surface area contributed by atoms with E-state index in [-0.39, 0.29) is 30.2 Å². The number of thiazole rings is 1. The molecule has 0 spiro atoms. The first kappa shape index (κ1) is 15.2. The average molecular weight is 335 g/mol. The van der Waals surface area contributed by atoms with Crippen LogP contribution in [0.15, 0.2) is 22.9 Å². The lowest BCUT2D eigenvalue weighted by molar-refractivity contribution is -0.129. The third-order valence-electron chi connectivity index (χ3n) is 3.66. The summed E-state index contributed by atoms with van der Waals surface area (Å²) < 4.78 is 0. The molecule has 0 radical (unpaired) electrons. The smallest absolute Gasteiger partial charge is 0.231 e. The standard InChI is InChI=1S/C15H17N3O2S2/c1-9(2)18-7-10(6-13(18)19)14(20)17-15-16-11(8-22-15)12-4-3-5-21-12/h3-5,8-10H,6-7H2,1-2H3,(H,16,17,20). The predicted octanol–water partition coefficient (Wildman–Crippen LogP) is 3.07. The van der Waals surface area contributed by atoms with Crippen molar-refractivity contribution < 1.29 is 9.59 Å². The summed E-state index contributed by atoms with van der Waals surface area (Å²) in [6, 6.07) is 4.11. The quantitative estimate of drug-likeness (QED) is 0.934. The van der Waals surface area contributed by atoms with E-state index in [2.05, 4.69) is 10.3 Å². The minimum atomic E-state index is -0.288. The zero-order valence-electron chi connectivity index (χ0n) is 12.4. The molecule has 2 aromatic rings. The van der Waals surface area contributed by atoms with Crippen molar-refractivity contribution in [2.24, 2.45) is 5.92 Å². The van der Waals surface area contributed by atoms with E-state index in [1.165, 1.54) is 11.3 Å². The molecule has 1 atom stereocenters. The average Bonchev–Trinajstić information content (AvgIpc) is 3.16. The van der Waals surface area contributed by atoms with Crippen molar-refractivity contribution in [1.82, 2.24) is 9.88 Å². The maximum atomic E-state index is 12.3. The zero-order valence-corrected chi connectivity index (χ0v) is 14.0. The lowest BCUT2D eigenvalue weighted by Crippen LogP contribution is -2.33. The molecule has 22 heavy (non-hydrogen) atoms. The van der Waals surface area contributed by atoms with Crippen LogP contribution in [0.1, 0.15) is 20.3 Å². The Kier molecular flexibility index (Phi) is 4.26. The Morgan fingerprint density at radius 2 is 2.27 bits per heavy atom. The fourth-order valence-electron chi connectivity index (χ4n) is 2.48. The van der Waals surface area contributed by atoms with Gasteiger partial charge >= 0.3 is 0 Å². The first-order chi connectivity index (χ1) is 10.5. The van der Waals surface area contributed by atoms with Gasteiger partial charge in [-0.1, -0.05) is 6.07 Å². The Morgan fingerprint density at radius 1 is 1.45 bits per heavy atom. The topological polar surface area (TPSA) is 62.3 Å². The molecule has 2 amide bonds. The van der Waals surface area contributed by atoms with Crippen molar-refractivity contribution in [3.63, 3.8) is 0 Å². The summed E-state index contributed by atoms with van der Waals surface area (Å²) in [5.74, 6) is -0.360. The van der Waals surface area contributed by atoms with E-state index >= 15 is 0 Å². The van der Waals surface area contributed by atoms with Crippen molar-refractivity contribution in [2.75, 3.05) is 11.9 Å². The minimum absolute atomic E-state index is 0.0496. The SMILES string of the molecule is CC(C)N1CC(C(=O)Nc2nc(-c3cccs3)cs2)CC1=O. The summed E-state index contributed by atoms with van der Waals surface area (Å²) in [7, 11) is 0. The summed E-state index contributed by atoms with van der Waals surface area (Å²) in [4.78, 5) is 31.5. The highest BCUT2D eigenvalue weighted by Gasteiger charge is 2.35. The van der Waals surface area contributed by atoms with E-state index in [0.717, 1.165) is 10.6 Å². The maximum Gasteiger partial charge on any atom is 0.231 e. The molecule has 5 nitrogen and oxygen atoms in total. The molecule has 3 heterocycles. The number of rotatable bonds is 4. The van der Waals surface area contributed by atoms with E-state index in [4.69, 9.17) is 0 Å². The van der Waals surface area contributed by atoms with Crippen LogP contribution in [0.2, 0.25) is 0 Å². The van der Waals surface area contributed by atoms with Crippen LogP contribution in [0.5, 0.6) is 0 Å². The first-order valence-corrected chi connectivity index (χ1v) is 8.90. The molecule has 2 aromatic heterocycles. The van der Waals surface area contributed by atoms with Gasteiger partial charge in [-0.15, -0.1) is 22.7 Å². The number of hydrogen-bond donors (Lipinski definition) is 1. The van der Waals surface area contributed by atoms with Gasteiger partial charge in [-0.2, -0.15) is 0 Å². The van der Waals surface area contributed by atoms with Crippen LogP contribution in [-0.4, -0.2) is 34.3 Å². The summed E-state index contributed by atoms with van der Waals surface area (Å²) >= 11 is 3.03. The van der Waals surface area contributed by atoms with Gasteiger partial charge in [0.15, 0.2) is 5.13 Å². The molecular formula is C15H17N3O2S2. The summed E-state index contributed by atoms with van der Waals surface area (Å²) in [6.07, 6.45) is 0.285. The molecule has 1 aliphatic heterocycles. The molecular weight excluding hydrogens is 318 g/mol. The van der Waals surface area contributed by atoms with Crippen molar-refractivity contribution in [3.05, 3.63) is 22.9 Å². The number of likely N-dealkylation sites (tertiary alicyclic amines) is 1. The molecule has 116 valence electrons. The van der Waals surface area contributed by atoms with Crippen molar-refractivity contribution in [2.45, 2.75) is 26.3 Å². The maximum absolute atomic E-state index is 12.3. The third-order valence-corrected chi connectivity index (χ3v) is 5.31. The Balaban J connectivity index is 1.64. The van der Waals surface area contributed by atoms with Gasteiger partial charge in [0.25, 0.3) is 0 Å². The summed E-state index contributed by atoms with van der Waals surface area (Å²) in [6.45, 7) is 4.42. The molecule has 0 aliphatic carbocycles. The molecule has 0 bridgehead atoms. The van der Waals surface area contributed by atoms with Crippen LogP contribution in [0.25, 0.3) is 10.6 Å². The summed E-state index contributed by atoms with van der Waals surface area (Å²) in [5.41, 5.74) is 0.876. The molecule has 3 rings (SSSR count). The van der Waals surface area contributed by atoms with Gasteiger partial charge in [0, 0.05) is 24.4 Å². The van der Waals surface area contributed by atoms with Crippen LogP contribution in [-0.2, 0) is 9.59 Å². The van der Waals surface area contributed by atoms with E-state index in [9.17, 15) is 9.59 Å². The second-order valence-electron chi connectivity index (χ2n) is 5.55. The Bertz CT molecular complexity index is 679. The number of carbonyl (C=O) groups excluding carboxylic acids is 2. The number of nitrogens with zero attached hydrogens (tertiary/aromatic N) is 2. The second-order valence-corrected chi connectivity index (χ2v) is 7.35. The van der Waals surface area contributed by atoms with Crippen molar-refractivity contribution in [1.29, 1.82) is 0 Å². The van der Waals surface area contributed by atoms with Gasteiger partial charge in [0.2, 0.25) is 11.8 Å². The van der Waals surface area contributed by atoms with Gasteiger partial charge in [-0.05, 0) is 25.3 Å². The number of aromatic nitrogens is 1. The van der Waals surface area contributed by atoms with Crippen LogP contribution in [0, 0.1) is 5.92 Å². The van der Waals surface area contributed by atoms with Crippen molar-refractivity contribution in [3.8, 4) is 10.6 Å². The Hall–Kier alpha value is -1.73. The van der Waals surface area contributed by atoms with Crippen LogP contribution >= 0.6 is 22.7 Å². The monoisotopic (exact) mass is 335 g/mol. The number of carbonyl (C=O) groups is 2. The first-order valence-electron chi connectivity index (χ1n) is 7.14. The number of nitrogens with one attached hydrogen (secondary N) is 1. The van der Waals surface area contributed by atoms with Gasteiger partial charge in [-0.25, -0.2) is 4.98 Å². The highest BCUT2D eigenvalue weighted by Crippen LogP contribution is 2.29. The second kappa shape index (κ2) is 6.18. The molecule has 7 heteroatoms. The fourth-order valence-corrected chi connectivity index (χ4v) is 3.96. The third kappa shape index (κ3) is 3.05. The number of thiophene rings is 1. The highest BCUT2D eigenvalue weighted by molar-refractivity contribution is 7.16. The molecule has 1 saturated heterocycles. The van der Waals surface area contributed by atoms with E-state index in [0.29, 0.717) is 11.7 Å². The predicted molar refractivity (Wildman–Crippen MR) is 89.0 cm³/mol. The number of amides is 2. The number of anilines is 1. The van der Waals surface area contributed by atoms with Crippen LogP contribution < -0.4 is 5.32 Å². The molecule has 1 aliphatic rings. The molecule has 0 aromatic carbocycles. The Morgan fingerprint density at radius 3 is 2.91 bits per heavy atom. The highest BCUT2D eigenvalue weighted by atomic mass is 32.1. The fraction of sp³-hybridized carbons (Fsp3) is 0.400. The molecule has 0 saturated carbocycles. The van der Waals surface area contributed by atoms with Gasteiger partial charge in [0.05, 0.1) is 16.5 Å². The van der Waals surface area contributed by atoms with E-state index in [1.54, 1.807) is 16.2 Å². The largest absolute Gasteiger partial charge is 0.339 e. The lowest BCUT2D eigenvalue weighted by Gasteiger charge is -2.20. The van der Waals surface area contributed by atoms with Gasteiger partial charge in [0.1, 0.15) is 0 Å². The van der Waals surface area contributed by atoms with Gasteiger partial charge < -0.3 is 10.2 Å². The van der Waals surface area contributed by atoms with Crippen molar-refractivity contribution >= 4 is 39.6 Å².